The topological polar surface area (TPSA) is 104 Å². The van der Waals surface area contributed by atoms with E-state index in [2.05, 4.69) is 21.2 Å². The highest BCUT2D eigenvalue weighted by atomic mass is 79.9. The predicted octanol–water partition coefficient (Wildman–Crippen LogP) is 1.98. The van der Waals surface area contributed by atoms with Crippen molar-refractivity contribution in [3.63, 3.8) is 0 Å². The average molecular weight is 376 g/mol. The van der Waals surface area contributed by atoms with E-state index >= 15 is 0 Å². The van der Waals surface area contributed by atoms with Crippen LogP contribution in [0.5, 0.6) is 0 Å². The van der Waals surface area contributed by atoms with Gasteiger partial charge in [-0.25, -0.2) is 4.79 Å². The smallest absolute Gasteiger partial charge is 0.326 e. The zero-order chi connectivity index (χ0) is 15.8. The summed E-state index contributed by atoms with van der Waals surface area (Å²) in [7, 11) is 0. The van der Waals surface area contributed by atoms with E-state index in [4.69, 9.17) is 10.2 Å². The second kappa shape index (κ2) is 8.68. The summed E-state index contributed by atoms with van der Waals surface area (Å²) >= 11 is 4.57. The molecule has 0 spiro atoms. The Morgan fingerprint density at radius 3 is 2.33 bits per heavy atom. The molecule has 0 fully saturated rings. The van der Waals surface area contributed by atoms with E-state index in [0.29, 0.717) is 0 Å². The van der Waals surface area contributed by atoms with Gasteiger partial charge in [-0.1, -0.05) is 15.9 Å². The lowest BCUT2D eigenvalue weighted by Gasteiger charge is -2.13. The molecule has 3 N–H and O–H groups in total. The number of carboxylic acid groups (broad SMARTS) is 2. The molecule has 0 saturated carbocycles. The first-order valence-electron chi connectivity index (χ1n) is 6.01. The van der Waals surface area contributed by atoms with Crippen molar-refractivity contribution < 1.29 is 24.6 Å². The highest BCUT2D eigenvalue weighted by molar-refractivity contribution is 9.10. The number of hydrogen-bond acceptors (Lipinski definition) is 4. The van der Waals surface area contributed by atoms with Crippen molar-refractivity contribution in [2.24, 2.45) is 0 Å². The maximum absolute atomic E-state index is 11.7. The number of nitrogens with one attached hydrogen (secondary N) is 1. The Kier molecular flexibility index (Phi) is 7.24. The molecule has 0 aliphatic heterocycles. The highest BCUT2D eigenvalue weighted by Gasteiger charge is 2.20. The number of rotatable bonds is 8. The summed E-state index contributed by atoms with van der Waals surface area (Å²) in [6.07, 6.45) is -0.448. The third kappa shape index (κ3) is 7.14. The average Bonchev–Trinajstić information content (AvgIpc) is 2.42. The van der Waals surface area contributed by atoms with E-state index < -0.39 is 23.9 Å². The van der Waals surface area contributed by atoms with Crippen molar-refractivity contribution in [2.75, 3.05) is 5.75 Å². The normalized spacial score (nSPS) is 11.7. The predicted molar refractivity (Wildman–Crippen MR) is 81.3 cm³/mol. The van der Waals surface area contributed by atoms with Gasteiger partial charge in [0.05, 0.1) is 5.75 Å². The third-order valence-electron chi connectivity index (χ3n) is 2.46. The summed E-state index contributed by atoms with van der Waals surface area (Å²) in [6.45, 7) is 0. The van der Waals surface area contributed by atoms with Gasteiger partial charge in [-0.05, 0) is 30.7 Å². The molecule has 21 heavy (non-hydrogen) atoms. The summed E-state index contributed by atoms with van der Waals surface area (Å²) in [5.41, 5.74) is 0. The van der Waals surface area contributed by atoms with Crippen LogP contribution in [0.1, 0.15) is 12.8 Å². The molecule has 114 valence electrons. The molecule has 6 nitrogen and oxygen atoms in total. The molecule has 1 amide bonds. The number of benzene rings is 1. The molecule has 0 heterocycles. The van der Waals surface area contributed by atoms with Crippen molar-refractivity contribution in [3.05, 3.63) is 28.7 Å². The molecule has 1 aromatic carbocycles. The summed E-state index contributed by atoms with van der Waals surface area (Å²) in [4.78, 5) is 33.9. The molecule has 0 aromatic heterocycles. The van der Waals surface area contributed by atoms with Crippen LogP contribution in [0.25, 0.3) is 0 Å². The van der Waals surface area contributed by atoms with Gasteiger partial charge in [0.25, 0.3) is 0 Å². The molecule has 0 bridgehead atoms. The number of thioether (sulfide) groups is 1. The van der Waals surface area contributed by atoms with Crippen LogP contribution < -0.4 is 5.32 Å². The monoisotopic (exact) mass is 375 g/mol. The van der Waals surface area contributed by atoms with Gasteiger partial charge in [-0.2, -0.15) is 0 Å². The molecule has 8 heteroatoms. The Morgan fingerprint density at radius 1 is 1.19 bits per heavy atom. The van der Waals surface area contributed by atoms with Crippen LogP contribution in [0.2, 0.25) is 0 Å². The van der Waals surface area contributed by atoms with Crippen LogP contribution in [0.15, 0.2) is 33.6 Å². The van der Waals surface area contributed by atoms with E-state index in [-0.39, 0.29) is 18.6 Å². The first-order chi connectivity index (χ1) is 9.88. The van der Waals surface area contributed by atoms with E-state index in [1.165, 1.54) is 11.8 Å². The number of carbonyl (C=O) groups excluding carboxylic acids is 1. The van der Waals surface area contributed by atoms with Crippen LogP contribution in [0.3, 0.4) is 0 Å². The highest BCUT2D eigenvalue weighted by Crippen LogP contribution is 2.20. The van der Waals surface area contributed by atoms with E-state index in [0.717, 1.165) is 9.37 Å². The maximum Gasteiger partial charge on any atom is 0.326 e. The summed E-state index contributed by atoms with van der Waals surface area (Å²) in [5, 5.41) is 19.8. The zero-order valence-corrected chi connectivity index (χ0v) is 13.3. The molecule has 0 saturated heterocycles. The fraction of sp³-hybridized carbons (Fsp3) is 0.308. The second-order valence-corrected chi connectivity index (χ2v) is 6.10. The number of halogens is 1. The van der Waals surface area contributed by atoms with Crippen molar-refractivity contribution >= 4 is 45.5 Å². The molecular formula is C13H14BrNO5S. The summed E-state index contributed by atoms with van der Waals surface area (Å²) < 4.78 is 0.927. The van der Waals surface area contributed by atoms with Gasteiger partial charge in [0.15, 0.2) is 0 Å². The van der Waals surface area contributed by atoms with Gasteiger partial charge in [-0.3, -0.25) is 9.59 Å². The second-order valence-electron chi connectivity index (χ2n) is 4.13. The molecule has 0 aliphatic carbocycles. The Labute approximate surface area is 134 Å². The number of aliphatic carboxylic acids is 2. The lowest BCUT2D eigenvalue weighted by molar-refractivity contribution is -0.142. The van der Waals surface area contributed by atoms with Gasteiger partial charge in [0, 0.05) is 15.8 Å². The van der Waals surface area contributed by atoms with E-state index in [1.54, 1.807) is 0 Å². The molecule has 0 aliphatic rings. The van der Waals surface area contributed by atoms with Crippen molar-refractivity contribution in [2.45, 2.75) is 23.8 Å². The number of carbonyl (C=O) groups is 3. The maximum atomic E-state index is 11.7. The van der Waals surface area contributed by atoms with E-state index in [1.807, 2.05) is 24.3 Å². The molecule has 0 radical (unpaired) electrons. The van der Waals surface area contributed by atoms with E-state index in [9.17, 15) is 14.4 Å². The first kappa shape index (κ1) is 17.5. The SMILES string of the molecule is O=C(O)CCC(NC(=O)CSc1ccc(Br)cc1)C(=O)O. The first-order valence-corrected chi connectivity index (χ1v) is 7.78. The molecule has 1 unspecified atom stereocenters. The van der Waals surface area contributed by atoms with Crippen molar-refractivity contribution in [3.8, 4) is 0 Å². The van der Waals surface area contributed by atoms with Crippen LogP contribution in [0.4, 0.5) is 0 Å². The molecule has 1 rings (SSSR count). The Balaban J connectivity index is 2.44. The van der Waals surface area contributed by atoms with Crippen LogP contribution in [0, 0.1) is 0 Å². The lowest BCUT2D eigenvalue weighted by Crippen LogP contribution is -2.41. The van der Waals surface area contributed by atoms with Crippen LogP contribution in [-0.2, 0) is 14.4 Å². The molecule has 1 atom stereocenters. The molecular weight excluding hydrogens is 362 g/mol. The Morgan fingerprint density at radius 2 is 1.81 bits per heavy atom. The molecule has 1 aromatic rings. The third-order valence-corrected chi connectivity index (χ3v) is 4.00. The number of carboxylic acids is 2. The largest absolute Gasteiger partial charge is 0.481 e. The minimum absolute atomic E-state index is 0.0679. The Hall–Kier alpha value is -1.54. The fourth-order valence-electron chi connectivity index (χ4n) is 1.44. The zero-order valence-electron chi connectivity index (χ0n) is 10.9. The Bertz CT molecular complexity index is 520. The number of hydrogen-bond donors (Lipinski definition) is 3. The minimum atomic E-state index is -1.24. The minimum Gasteiger partial charge on any atom is -0.481 e. The van der Waals surface area contributed by atoms with Crippen LogP contribution in [-0.4, -0.2) is 39.9 Å². The number of amides is 1. The van der Waals surface area contributed by atoms with Crippen molar-refractivity contribution in [1.29, 1.82) is 0 Å². The fourth-order valence-corrected chi connectivity index (χ4v) is 2.41. The lowest BCUT2D eigenvalue weighted by atomic mass is 10.1. The van der Waals surface area contributed by atoms with Crippen LogP contribution >= 0.6 is 27.7 Å². The van der Waals surface area contributed by atoms with Gasteiger partial charge in [-0.15, -0.1) is 11.8 Å². The van der Waals surface area contributed by atoms with Crippen molar-refractivity contribution in [1.82, 2.24) is 5.32 Å². The van der Waals surface area contributed by atoms with Gasteiger partial charge >= 0.3 is 11.9 Å². The standard InChI is InChI=1S/C13H14BrNO5S/c14-8-1-3-9(4-2-8)21-7-11(16)15-10(13(19)20)5-6-12(17)18/h1-4,10H,5-7H2,(H,15,16)(H,17,18)(H,19,20). The summed E-state index contributed by atoms with van der Waals surface area (Å²) in [6, 6.07) is 6.17. The summed E-state index contributed by atoms with van der Waals surface area (Å²) in [5.74, 6) is -2.71. The van der Waals surface area contributed by atoms with Gasteiger partial charge in [0.2, 0.25) is 5.91 Å². The quantitative estimate of drug-likeness (QED) is 0.600. The van der Waals surface area contributed by atoms with Gasteiger partial charge in [0.1, 0.15) is 6.04 Å². The van der Waals surface area contributed by atoms with Gasteiger partial charge < -0.3 is 15.5 Å².